The van der Waals surface area contributed by atoms with Crippen LogP contribution in [0.2, 0.25) is 38.3 Å². The van der Waals surface area contributed by atoms with Gasteiger partial charge < -0.3 is 8.85 Å². The highest BCUT2D eigenvalue weighted by atomic mass is 28.4. The van der Waals surface area contributed by atoms with Gasteiger partial charge in [0.2, 0.25) is 16.6 Å². The molecule has 26 heavy (non-hydrogen) atoms. The Kier molecular flexibility index (Phi) is 8.76. The van der Waals surface area contributed by atoms with Gasteiger partial charge in [-0.1, -0.05) is 45.6 Å². The summed E-state index contributed by atoms with van der Waals surface area (Å²) in [4.78, 5) is 25.0. The molecule has 0 fully saturated rings. The number of unbranched alkanes of at least 4 members (excludes halogenated alkanes) is 2. The van der Waals surface area contributed by atoms with Crippen molar-refractivity contribution < 1.29 is 18.4 Å². The van der Waals surface area contributed by atoms with Crippen LogP contribution in [0, 0.1) is 0 Å². The lowest BCUT2D eigenvalue weighted by molar-refractivity contribution is 0.0720. The fraction of sp³-hybridized carbons (Fsp3) is 0.600. The van der Waals surface area contributed by atoms with E-state index in [1.165, 1.54) is 0 Å². The molecule has 0 aliphatic heterocycles. The van der Waals surface area contributed by atoms with Crippen molar-refractivity contribution in [3.63, 3.8) is 0 Å². The monoisotopic (exact) mass is 394 g/mol. The van der Waals surface area contributed by atoms with E-state index in [1.807, 2.05) is 0 Å². The van der Waals surface area contributed by atoms with Crippen LogP contribution in [-0.2, 0) is 8.85 Å². The van der Waals surface area contributed by atoms with Crippen molar-refractivity contribution >= 4 is 28.6 Å². The normalized spacial score (nSPS) is 11.9. The number of rotatable bonds is 10. The van der Waals surface area contributed by atoms with E-state index in [2.05, 4.69) is 40.0 Å². The van der Waals surface area contributed by atoms with E-state index in [0.717, 1.165) is 37.8 Å². The maximum atomic E-state index is 12.5. The molecule has 1 rings (SSSR count). The third kappa shape index (κ3) is 7.87. The van der Waals surface area contributed by atoms with E-state index in [4.69, 9.17) is 8.85 Å². The number of carbonyl (C=O) groups excluding carboxylic acids is 2. The lowest BCUT2D eigenvalue weighted by Gasteiger charge is -2.23. The number of carbonyl (C=O) groups is 2. The van der Waals surface area contributed by atoms with Gasteiger partial charge in [-0.3, -0.25) is 0 Å². The summed E-state index contributed by atoms with van der Waals surface area (Å²) in [7, 11) is -4.05. The second-order valence-corrected chi connectivity index (χ2v) is 16.5. The van der Waals surface area contributed by atoms with Crippen LogP contribution in [0.3, 0.4) is 0 Å². The molecule has 0 saturated carbocycles. The first-order valence-electron chi connectivity index (χ1n) is 9.67. The van der Waals surface area contributed by atoms with Gasteiger partial charge in [0, 0.05) is 0 Å². The minimum absolute atomic E-state index is 0.338. The van der Waals surface area contributed by atoms with E-state index in [-0.39, 0.29) is 11.9 Å². The van der Waals surface area contributed by atoms with Crippen LogP contribution >= 0.6 is 0 Å². The van der Waals surface area contributed by atoms with Gasteiger partial charge in [0.1, 0.15) is 0 Å². The van der Waals surface area contributed by atoms with E-state index in [1.54, 1.807) is 24.3 Å². The Balaban J connectivity index is 2.80. The Labute approximate surface area is 160 Å². The minimum atomic E-state index is -2.03. The average Bonchev–Trinajstić information content (AvgIpc) is 2.57. The lowest BCUT2D eigenvalue weighted by atomic mass is 10.1. The molecule has 0 spiro atoms. The Morgan fingerprint density at radius 1 is 0.808 bits per heavy atom. The molecule has 0 atom stereocenters. The molecule has 0 aromatic heterocycles. The third-order valence-electron chi connectivity index (χ3n) is 4.34. The molecule has 4 nitrogen and oxygen atoms in total. The van der Waals surface area contributed by atoms with Gasteiger partial charge in [-0.05, 0) is 56.5 Å². The zero-order valence-electron chi connectivity index (χ0n) is 17.2. The van der Waals surface area contributed by atoms with Crippen molar-refractivity contribution in [1.29, 1.82) is 0 Å². The Morgan fingerprint density at radius 3 is 1.54 bits per heavy atom. The van der Waals surface area contributed by atoms with Crippen molar-refractivity contribution in [3.05, 3.63) is 35.4 Å². The van der Waals surface area contributed by atoms with Gasteiger partial charge in [-0.25, -0.2) is 9.59 Å². The standard InChI is InChI=1S/C20H34O4Si2/c1-7-9-14-25(3,4)23-19(21)17-12-11-13-18(16-17)20(22)24-26(5,6)15-10-8-2/h11-13,16H,7-10,14-15H2,1-6H3. The summed E-state index contributed by atoms with van der Waals surface area (Å²) in [6, 6.07) is 8.61. The summed E-state index contributed by atoms with van der Waals surface area (Å²) in [6.45, 7) is 12.5. The van der Waals surface area contributed by atoms with Crippen LogP contribution in [0.25, 0.3) is 0 Å². The largest absolute Gasteiger partial charge is 0.516 e. The maximum absolute atomic E-state index is 12.5. The van der Waals surface area contributed by atoms with Crippen molar-refractivity contribution in [2.45, 2.75) is 77.8 Å². The number of hydrogen-bond donors (Lipinski definition) is 0. The van der Waals surface area contributed by atoms with Gasteiger partial charge in [0.05, 0.1) is 11.1 Å². The maximum Gasteiger partial charge on any atom is 0.324 e. The van der Waals surface area contributed by atoms with Crippen LogP contribution in [-0.4, -0.2) is 28.6 Å². The molecule has 0 aliphatic rings. The highest BCUT2D eigenvalue weighted by molar-refractivity contribution is 6.73. The molecule has 0 radical (unpaired) electrons. The Morgan fingerprint density at radius 2 is 1.19 bits per heavy atom. The van der Waals surface area contributed by atoms with Gasteiger partial charge in [0.25, 0.3) is 0 Å². The lowest BCUT2D eigenvalue weighted by Crippen LogP contribution is -2.34. The Hall–Kier alpha value is -1.41. The van der Waals surface area contributed by atoms with Gasteiger partial charge in [-0.15, -0.1) is 0 Å². The SMILES string of the molecule is CCCC[Si](C)(C)OC(=O)c1cccc(C(=O)O[Si](C)(C)CCCC)c1. The molecule has 1 aromatic rings. The van der Waals surface area contributed by atoms with Gasteiger partial charge in [-0.2, -0.15) is 0 Å². The van der Waals surface area contributed by atoms with Crippen molar-refractivity contribution in [2.24, 2.45) is 0 Å². The third-order valence-corrected chi connectivity index (χ3v) is 8.93. The quantitative estimate of drug-likeness (QED) is 0.456. The molecule has 146 valence electrons. The highest BCUT2D eigenvalue weighted by Crippen LogP contribution is 2.20. The summed E-state index contributed by atoms with van der Waals surface area (Å²) in [6.07, 6.45) is 4.31. The second kappa shape index (κ2) is 10.1. The summed E-state index contributed by atoms with van der Waals surface area (Å²) in [5.41, 5.74) is 0.842. The van der Waals surface area contributed by atoms with Crippen molar-refractivity contribution in [3.8, 4) is 0 Å². The molecule has 0 amide bonds. The first-order chi connectivity index (χ1) is 12.1. The minimum Gasteiger partial charge on any atom is -0.516 e. The summed E-state index contributed by atoms with van der Waals surface area (Å²) in [5.74, 6) is -0.676. The average molecular weight is 395 g/mol. The summed E-state index contributed by atoms with van der Waals surface area (Å²) >= 11 is 0. The molecule has 0 saturated heterocycles. The molecule has 0 unspecified atom stereocenters. The first kappa shape index (κ1) is 22.6. The zero-order chi connectivity index (χ0) is 19.8. The van der Waals surface area contributed by atoms with Gasteiger partial charge >= 0.3 is 11.9 Å². The predicted octanol–water partition coefficient (Wildman–Crippen LogP) is 6.01. The Bertz CT molecular complexity index is 562. The van der Waals surface area contributed by atoms with E-state index in [0.29, 0.717) is 11.1 Å². The second-order valence-electron chi connectivity index (χ2n) is 8.09. The molecule has 6 heteroatoms. The topological polar surface area (TPSA) is 52.6 Å². The van der Waals surface area contributed by atoms with E-state index >= 15 is 0 Å². The van der Waals surface area contributed by atoms with Crippen LogP contribution in [0.1, 0.15) is 60.2 Å². The zero-order valence-corrected chi connectivity index (χ0v) is 19.2. The molecule has 0 aliphatic carbocycles. The molecule has 0 heterocycles. The summed E-state index contributed by atoms with van der Waals surface area (Å²) in [5, 5.41) is 0. The fourth-order valence-electron chi connectivity index (χ4n) is 2.70. The summed E-state index contributed by atoms with van der Waals surface area (Å²) < 4.78 is 11.5. The number of benzene rings is 1. The molecular weight excluding hydrogens is 360 g/mol. The smallest absolute Gasteiger partial charge is 0.324 e. The van der Waals surface area contributed by atoms with E-state index in [9.17, 15) is 9.59 Å². The predicted molar refractivity (Wildman–Crippen MR) is 112 cm³/mol. The number of hydrogen-bond acceptors (Lipinski definition) is 4. The van der Waals surface area contributed by atoms with Crippen molar-refractivity contribution in [2.75, 3.05) is 0 Å². The molecular formula is C20H34O4Si2. The van der Waals surface area contributed by atoms with Crippen LogP contribution < -0.4 is 0 Å². The molecule has 0 N–H and O–H groups in total. The van der Waals surface area contributed by atoms with Crippen LogP contribution in [0.4, 0.5) is 0 Å². The van der Waals surface area contributed by atoms with Crippen LogP contribution in [0.15, 0.2) is 24.3 Å². The first-order valence-corrected chi connectivity index (χ1v) is 15.9. The fourth-order valence-corrected chi connectivity index (χ4v) is 6.55. The van der Waals surface area contributed by atoms with Crippen molar-refractivity contribution in [1.82, 2.24) is 0 Å². The highest BCUT2D eigenvalue weighted by Gasteiger charge is 2.29. The van der Waals surface area contributed by atoms with Crippen LogP contribution in [0.5, 0.6) is 0 Å². The van der Waals surface area contributed by atoms with E-state index < -0.39 is 16.6 Å². The van der Waals surface area contributed by atoms with Gasteiger partial charge in [0.15, 0.2) is 0 Å². The molecule has 1 aromatic carbocycles. The molecule has 0 bridgehead atoms.